The molecule has 0 amide bonds. The maximum atomic E-state index is 12.4. The fraction of sp³-hybridized carbons (Fsp3) is 0.267. The monoisotopic (exact) mass is 529 g/mol. The van der Waals surface area contributed by atoms with Gasteiger partial charge in [0.25, 0.3) is 0 Å². The van der Waals surface area contributed by atoms with Crippen LogP contribution in [-0.2, 0) is 15.1 Å². The molecule has 0 unspecified atom stereocenters. The lowest BCUT2D eigenvalue weighted by atomic mass is 9.80. The molecule has 1 saturated heterocycles. The van der Waals surface area contributed by atoms with Crippen molar-refractivity contribution in [2.75, 3.05) is 26.6 Å². The summed E-state index contributed by atoms with van der Waals surface area (Å²) in [5, 5.41) is 10.9. The maximum absolute atomic E-state index is 12.4. The minimum Gasteiger partial charge on any atom is -0.497 e. The number of aliphatic hydroxyl groups excluding tert-OH is 1. The highest BCUT2D eigenvalue weighted by Crippen LogP contribution is 2.42. The standard InChI is InChI=1S/C30H31N3O6/c1-36-23-12-8-21(9-13-23)30(20-6-4-3-5-7-20,22-10-14-24(37-2)15-11-22)38-19-26-25(34)18-28(39-26)33-17-16-27(31)32-29(33)35/h3-17,25-26,28,34H,18-19H2,1-2H3,(H2,31,32,35)/t25-,26-,28-/m1/s1. The number of nitrogens with zero attached hydrogens (tertiary/aromatic N) is 2. The number of aliphatic hydroxyl groups is 1. The second kappa shape index (κ2) is 11.3. The van der Waals surface area contributed by atoms with E-state index in [4.69, 9.17) is 24.7 Å². The average Bonchev–Trinajstić information content (AvgIpc) is 3.34. The van der Waals surface area contributed by atoms with E-state index in [-0.39, 0.29) is 18.8 Å². The molecule has 0 radical (unpaired) electrons. The lowest BCUT2D eigenvalue weighted by molar-refractivity contribution is -0.0944. The number of hydrogen-bond acceptors (Lipinski definition) is 8. The van der Waals surface area contributed by atoms with Gasteiger partial charge in [-0.1, -0.05) is 54.6 Å². The van der Waals surface area contributed by atoms with Crippen LogP contribution in [0.1, 0.15) is 29.3 Å². The predicted octanol–water partition coefficient (Wildman–Crippen LogP) is 3.50. The van der Waals surface area contributed by atoms with Crippen LogP contribution in [0.5, 0.6) is 11.5 Å². The van der Waals surface area contributed by atoms with Crippen LogP contribution in [0.3, 0.4) is 0 Å². The first-order valence-electron chi connectivity index (χ1n) is 12.6. The predicted molar refractivity (Wildman–Crippen MR) is 146 cm³/mol. The Hall–Kier alpha value is -4.18. The molecule has 9 heteroatoms. The third kappa shape index (κ3) is 5.24. The summed E-state index contributed by atoms with van der Waals surface area (Å²) in [4.78, 5) is 16.1. The van der Waals surface area contributed by atoms with E-state index in [0.717, 1.165) is 28.2 Å². The highest BCUT2D eigenvalue weighted by Gasteiger charge is 2.42. The minimum absolute atomic E-state index is 0.0434. The minimum atomic E-state index is -1.05. The molecule has 202 valence electrons. The number of rotatable bonds is 9. The van der Waals surface area contributed by atoms with Crippen LogP contribution in [0.2, 0.25) is 0 Å². The summed E-state index contributed by atoms with van der Waals surface area (Å²) in [5.74, 6) is 1.56. The Labute approximate surface area is 226 Å². The molecule has 39 heavy (non-hydrogen) atoms. The summed E-state index contributed by atoms with van der Waals surface area (Å²) < 4.78 is 25.1. The Morgan fingerprint density at radius 1 is 0.923 bits per heavy atom. The number of ether oxygens (including phenoxy) is 4. The Balaban J connectivity index is 1.53. The topological polar surface area (TPSA) is 118 Å². The van der Waals surface area contributed by atoms with Crippen molar-refractivity contribution in [1.29, 1.82) is 0 Å². The van der Waals surface area contributed by atoms with Crippen LogP contribution >= 0.6 is 0 Å². The third-order valence-electron chi connectivity index (χ3n) is 7.00. The van der Waals surface area contributed by atoms with Gasteiger partial charge in [-0.3, -0.25) is 4.57 Å². The highest BCUT2D eigenvalue weighted by atomic mass is 16.6. The molecular formula is C30H31N3O6. The Morgan fingerprint density at radius 2 is 1.49 bits per heavy atom. The van der Waals surface area contributed by atoms with Crippen molar-refractivity contribution in [2.24, 2.45) is 0 Å². The zero-order valence-electron chi connectivity index (χ0n) is 21.8. The van der Waals surface area contributed by atoms with Gasteiger partial charge in [0, 0.05) is 12.6 Å². The second-order valence-electron chi connectivity index (χ2n) is 9.29. The molecule has 0 bridgehead atoms. The largest absolute Gasteiger partial charge is 0.497 e. The molecule has 5 rings (SSSR count). The maximum Gasteiger partial charge on any atom is 0.351 e. The van der Waals surface area contributed by atoms with Crippen molar-refractivity contribution in [3.05, 3.63) is 118 Å². The second-order valence-corrected chi connectivity index (χ2v) is 9.29. The van der Waals surface area contributed by atoms with E-state index in [1.54, 1.807) is 14.2 Å². The van der Waals surface area contributed by atoms with E-state index in [9.17, 15) is 9.90 Å². The lowest BCUT2D eigenvalue weighted by Gasteiger charge is -2.37. The Morgan fingerprint density at radius 3 is 2.03 bits per heavy atom. The van der Waals surface area contributed by atoms with Gasteiger partial charge in [-0.05, 0) is 47.0 Å². The molecule has 3 aromatic carbocycles. The van der Waals surface area contributed by atoms with Crippen LogP contribution in [0, 0.1) is 0 Å². The first kappa shape index (κ1) is 26.4. The summed E-state index contributed by atoms with van der Waals surface area (Å²) in [7, 11) is 3.24. The molecule has 0 spiro atoms. The molecule has 2 heterocycles. The van der Waals surface area contributed by atoms with Crippen LogP contribution in [-0.4, -0.2) is 47.7 Å². The van der Waals surface area contributed by atoms with Crippen LogP contribution in [0.25, 0.3) is 0 Å². The molecule has 0 aliphatic carbocycles. The summed E-state index contributed by atoms with van der Waals surface area (Å²) >= 11 is 0. The van der Waals surface area contributed by atoms with Crippen molar-refractivity contribution in [3.8, 4) is 11.5 Å². The summed E-state index contributed by atoms with van der Waals surface area (Å²) in [5.41, 5.74) is 6.65. The molecule has 1 aromatic heterocycles. The van der Waals surface area contributed by atoms with Gasteiger partial charge in [-0.15, -0.1) is 0 Å². The zero-order valence-corrected chi connectivity index (χ0v) is 21.8. The van der Waals surface area contributed by atoms with Gasteiger partial charge in [0.2, 0.25) is 0 Å². The van der Waals surface area contributed by atoms with Gasteiger partial charge in [0.05, 0.1) is 26.9 Å². The fourth-order valence-electron chi connectivity index (χ4n) is 4.96. The van der Waals surface area contributed by atoms with Gasteiger partial charge in [0.1, 0.15) is 35.2 Å². The molecule has 0 saturated carbocycles. The van der Waals surface area contributed by atoms with Crippen LogP contribution in [0.4, 0.5) is 5.82 Å². The van der Waals surface area contributed by atoms with E-state index in [0.29, 0.717) is 0 Å². The van der Waals surface area contributed by atoms with Gasteiger partial charge in [-0.2, -0.15) is 4.98 Å². The van der Waals surface area contributed by atoms with Gasteiger partial charge in [-0.25, -0.2) is 4.79 Å². The van der Waals surface area contributed by atoms with E-state index < -0.39 is 29.7 Å². The molecule has 4 aromatic rings. The SMILES string of the molecule is COc1ccc(C(OC[C@H]2O[C@@H](n3ccc(N)nc3=O)C[C@H]2O)(c2ccccc2)c2ccc(OC)cc2)cc1. The number of anilines is 1. The molecule has 9 nitrogen and oxygen atoms in total. The number of hydrogen-bond donors (Lipinski definition) is 2. The summed E-state index contributed by atoms with van der Waals surface area (Å²) in [6, 6.07) is 26.8. The molecule has 1 fully saturated rings. The number of nitrogens with two attached hydrogens (primary N) is 1. The smallest absolute Gasteiger partial charge is 0.351 e. The number of benzene rings is 3. The Bertz CT molecular complexity index is 1390. The normalized spacial score (nSPS) is 19.1. The van der Waals surface area contributed by atoms with Crippen LogP contribution in [0.15, 0.2) is 95.9 Å². The fourth-order valence-corrected chi connectivity index (χ4v) is 4.96. The van der Waals surface area contributed by atoms with Crippen molar-refractivity contribution < 1.29 is 24.1 Å². The molecule has 1 aliphatic rings. The number of aromatic nitrogens is 2. The van der Waals surface area contributed by atoms with Crippen LogP contribution < -0.4 is 20.9 Å². The highest BCUT2D eigenvalue weighted by molar-refractivity contribution is 5.49. The van der Waals surface area contributed by atoms with Crippen molar-refractivity contribution in [3.63, 3.8) is 0 Å². The van der Waals surface area contributed by atoms with E-state index in [1.165, 1.54) is 16.8 Å². The average molecular weight is 530 g/mol. The van der Waals surface area contributed by atoms with E-state index in [1.807, 2.05) is 78.9 Å². The first-order valence-corrected chi connectivity index (χ1v) is 12.6. The molecule has 3 N–H and O–H groups in total. The lowest BCUT2D eigenvalue weighted by Crippen LogP contribution is -2.38. The zero-order chi connectivity index (χ0) is 27.4. The number of methoxy groups -OCH3 is 2. The third-order valence-corrected chi connectivity index (χ3v) is 7.00. The van der Waals surface area contributed by atoms with Gasteiger partial charge >= 0.3 is 5.69 Å². The molecular weight excluding hydrogens is 498 g/mol. The molecule has 3 atom stereocenters. The first-order chi connectivity index (χ1) is 18.9. The van der Waals surface area contributed by atoms with Crippen molar-refractivity contribution in [2.45, 2.75) is 30.5 Å². The van der Waals surface area contributed by atoms with E-state index in [2.05, 4.69) is 4.98 Å². The van der Waals surface area contributed by atoms with Crippen molar-refractivity contribution in [1.82, 2.24) is 9.55 Å². The van der Waals surface area contributed by atoms with Crippen molar-refractivity contribution >= 4 is 5.82 Å². The number of nitrogen functional groups attached to an aromatic ring is 1. The van der Waals surface area contributed by atoms with Gasteiger partial charge in [0.15, 0.2) is 0 Å². The quantitative estimate of drug-likeness (QED) is 0.317. The van der Waals surface area contributed by atoms with E-state index >= 15 is 0 Å². The van der Waals surface area contributed by atoms with Gasteiger partial charge < -0.3 is 29.8 Å². The summed E-state index contributed by atoms with van der Waals surface area (Å²) in [6.07, 6.45) is -0.516. The molecule has 1 aliphatic heterocycles. The Kier molecular flexibility index (Phi) is 7.65. The summed E-state index contributed by atoms with van der Waals surface area (Å²) in [6.45, 7) is 0.0434.